The molecule has 156 valence electrons. The van der Waals surface area contributed by atoms with Gasteiger partial charge in [0.1, 0.15) is 4.88 Å². The molecule has 0 bridgehead atoms. The highest BCUT2D eigenvalue weighted by atomic mass is 32.1. The first-order chi connectivity index (χ1) is 13.9. The number of thiazole rings is 1. The zero-order chi connectivity index (χ0) is 20.5. The molecular weight excluding hydrogens is 388 g/mol. The Morgan fingerprint density at radius 3 is 2.66 bits per heavy atom. The summed E-state index contributed by atoms with van der Waals surface area (Å²) in [6.07, 6.45) is 3.42. The fourth-order valence-electron chi connectivity index (χ4n) is 4.09. The van der Waals surface area contributed by atoms with Gasteiger partial charge in [-0.05, 0) is 39.7 Å². The third-order valence-electron chi connectivity index (χ3n) is 5.86. The lowest BCUT2D eigenvalue weighted by Crippen LogP contribution is -2.47. The SMILES string of the molecule is Cc1nc(C)c(C(=O)NC[C@@H]2CCn3ncc(C(=O)N4CCN(C)CC4)c3C2)s1. The van der Waals surface area contributed by atoms with E-state index in [9.17, 15) is 9.59 Å². The van der Waals surface area contributed by atoms with Crippen LogP contribution in [0.1, 0.15) is 42.8 Å². The summed E-state index contributed by atoms with van der Waals surface area (Å²) in [7, 11) is 2.08. The molecule has 1 N–H and O–H groups in total. The van der Waals surface area contributed by atoms with Gasteiger partial charge < -0.3 is 15.1 Å². The van der Waals surface area contributed by atoms with Crippen LogP contribution in [0.3, 0.4) is 0 Å². The molecule has 0 saturated carbocycles. The van der Waals surface area contributed by atoms with Gasteiger partial charge in [-0.25, -0.2) is 4.98 Å². The molecule has 2 aromatic heterocycles. The van der Waals surface area contributed by atoms with E-state index in [-0.39, 0.29) is 11.8 Å². The van der Waals surface area contributed by atoms with Crippen molar-refractivity contribution in [2.75, 3.05) is 39.8 Å². The highest BCUT2D eigenvalue weighted by Gasteiger charge is 2.29. The number of nitrogens with one attached hydrogen (secondary N) is 1. The molecule has 2 aliphatic heterocycles. The summed E-state index contributed by atoms with van der Waals surface area (Å²) in [5.41, 5.74) is 2.51. The van der Waals surface area contributed by atoms with Gasteiger partial charge in [0.25, 0.3) is 11.8 Å². The third-order valence-corrected chi connectivity index (χ3v) is 6.93. The number of aromatic nitrogens is 3. The number of amides is 2. The largest absolute Gasteiger partial charge is 0.351 e. The van der Waals surface area contributed by atoms with Crippen LogP contribution in [0.5, 0.6) is 0 Å². The molecule has 8 nitrogen and oxygen atoms in total. The van der Waals surface area contributed by atoms with Crippen molar-refractivity contribution in [2.24, 2.45) is 5.92 Å². The van der Waals surface area contributed by atoms with Gasteiger partial charge in [0.15, 0.2) is 0 Å². The normalized spacial score (nSPS) is 19.8. The summed E-state index contributed by atoms with van der Waals surface area (Å²) < 4.78 is 1.96. The molecule has 9 heteroatoms. The number of hydrogen-bond donors (Lipinski definition) is 1. The maximum absolute atomic E-state index is 13.0. The summed E-state index contributed by atoms with van der Waals surface area (Å²) in [6, 6.07) is 0. The Morgan fingerprint density at radius 1 is 1.21 bits per heavy atom. The Balaban J connectivity index is 1.39. The van der Waals surface area contributed by atoms with Crippen LogP contribution in [0.15, 0.2) is 6.20 Å². The van der Waals surface area contributed by atoms with E-state index in [2.05, 4.69) is 27.3 Å². The second kappa shape index (κ2) is 8.23. The summed E-state index contributed by atoms with van der Waals surface area (Å²) in [4.78, 5) is 34.7. The second-order valence-corrected chi connectivity index (χ2v) is 9.24. The highest BCUT2D eigenvalue weighted by molar-refractivity contribution is 7.13. The van der Waals surface area contributed by atoms with Crippen LogP contribution in [0.25, 0.3) is 0 Å². The van der Waals surface area contributed by atoms with E-state index in [1.54, 1.807) is 6.20 Å². The molecular formula is C20H28N6O2S. The maximum atomic E-state index is 13.0. The number of rotatable bonds is 4. The van der Waals surface area contributed by atoms with Crippen LogP contribution in [-0.2, 0) is 13.0 Å². The van der Waals surface area contributed by atoms with Crippen LogP contribution in [0.2, 0.25) is 0 Å². The van der Waals surface area contributed by atoms with Crippen molar-refractivity contribution in [3.05, 3.63) is 33.0 Å². The number of carbonyl (C=O) groups excluding carboxylic acids is 2. The first kappa shape index (κ1) is 20.0. The quantitative estimate of drug-likeness (QED) is 0.813. The molecule has 0 aliphatic carbocycles. The maximum Gasteiger partial charge on any atom is 0.263 e. The molecule has 1 saturated heterocycles. The van der Waals surface area contributed by atoms with Crippen LogP contribution in [0, 0.1) is 19.8 Å². The number of carbonyl (C=O) groups is 2. The van der Waals surface area contributed by atoms with Crippen molar-refractivity contribution in [1.82, 2.24) is 29.9 Å². The van der Waals surface area contributed by atoms with Crippen LogP contribution < -0.4 is 5.32 Å². The van der Waals surface area contributed by atoms with Crippen molar-refractivity contribution >= 4 is 23.2 Å². The first-order valence-electron chi connectivity index (χ1n) is 10.2. The van der Waals surface area contributed by atoms with E-state index < -0.39 is 0 Å². The summed E-state index contributed by atoms with van der Waals surface area (Å²) in [6.45, 7) is 8.48. The van der Waals surface area contributed by atoms with E-state index in [1.807, 2.05) is 23.4 Å². The molecule has 0 unspecified atom stereocenters. The predicted molar refractivity (Wildman–Crippen MR) is 111 cm³/mol. The lowest BCUT2D eigenvalue weighted by atomic mass is 9.94. The molecule has 0 aromatic carbocycles. The lowest BCUT2D eigenvalue weighted by molar-refractivity contribution is 0.0661. The summed E-state index contributed by atoms with van der Waals surface area (Å²) in [5, 5.41) is 8.41. The Kier molecular flexibility index (Phi) is 5.69. The minimum absolute atomic E-state index is 0.0547. The molecule has 4 heterocycles. The van der Waals surface area contributed by atoms with Crippen LogP contribution in [0.4, 0.5) is 0 Å². The molecule has 2 aromatic rings. The average Bonchev–Trinajstić information content (AvgIpc) is 3.28. The number of hydrogen-bond acceptors (Lipinski definition) is 6. The predicted octanol–water partition coefficient (Wildman–Crippen LogP) is 1.34. The summed E-state index contributed by atoms with van der Waals surface area (Å²) >= 11 is 1.43. The molecule has 2 aliphatic rings. The molecule has 0 radical (unpaired) electrons. The van der Waals surface area contributed by atoms with Gasteiger partial charge in [-0.3, -0.25) is 14.3 Å². The Bertz CT molecular complexity index is 912. The highest BCUT2D eigenvalue weighted by Crippen LogP contribution is 2.24. The zero-order valence-corrected chi connectivity index (χ0v) is 18.1. The van der Waals surface area contributed by atoms with E-state index in [1.165, 1.54) is 11.3 Å². The molecule has 4 rings (SSSR count). The fourth-order valence-corrected chi connectivity index (χ4v) is 4.93. The second-order valence-electron chi connectivity index (χ2n) is 8.04. The first-order valence-corrected chi connectivity index (χ1v) is 11.0. The number of nitrogens with zero attached hydrogens (tertiary/aromatic N) is 5. The van der Waals surface area contributed by atoms with Crippen molar-refractivity contribution in [3.63, 3.8) is 0 Å². The Hall–Kier alpha value is -2.26. The van der Waals surface area contributed by atoms with Crippen molar-refractivity contribution in [3.8, 4) is 0 Å². The number of piperazine rings is 1. The van der Waals surface area contributed by atoms with E-state index >= 15 is 0 Å². The van der Waals surface area contributed by atoms with E-state index in [0.29, 0.717) is 17.3 Å². The number of likely N-dealkylation sites (N-methyl/N-ethyl adjacent to an activating group) is 1. The standard InChI is InChI=1S/C20H28N6O2S/c1-13-18(29-14(2)23-13)19(27)21-11-15-4-5-26-17(10-15)16(12-22-26)20(28)25-8-6-24(3)7-9-25/h12,15H,4-11H2,1-3H3,(H,21,27)/t15-/m1/s1. The fraction of sp³-hybridized carbons (Fsp3) is 0.600. The van der Waals surface area contributed by atoms with Gasteiger partial charge in [-0.15, -0.1) is 11.3 Å². The van der Waals surface area contributed by atoms with Crippen LogP contribution >= 0.6 is 11.3 Å². The van der Waals surface area contributed by atoms with Crippen molar-refractivity contribution in [1.29, 1.82) is 0 Å². The van der Waals surface area contributed by atoms with Gasteiger partial charge in [-0.1, -0.05) is 0 Å². The number of fused-ring (bicyclic) bond motifs is 1. The minimum Gasteiger partial charge on any atom is -0.351 e. The van der Waals surface area contributed by atoms with E-state index in [4.69, 9.17) is 0 Å². The zero-order valence-electron chi connectivity index (χ0n) is 17.3. The molecule has 29 heavy (non-hydrogen) atoms. The van der Waals surface area contributed by atoms with Crippen molar-refractivity contribution in [2.45, 2.75) is 33.2 Å². The van der Waals surface area contributed by atoms with Gasteiger partial charge in [0.2, 0.25) is 0 Å². The third kappa shape index (κ3) is 4.20. The topological polar surface area (TPSA) is 83.4 Å². The molecule has 2 amide bonds. The van der Waals surface area contributed by atoms with Crippen molar-refractivity contribution < 1.29 is 9.59 Å². The van der Waals surface area contributed by atoms with Gasteiger partial charge >= 0.3 is 0 Å². The number of aryl methyl sites for hydroxylation is 3. The van der Waals surface area contributed by atoms with Gasteiger partial charge in [-0.2, -0.15) is 5.10 Å². The Labute approximate surface area is 174 Å². The lowest BCUT2D eigenvalue weighted by Gasteiger charge is -2.32. The molecule has 1 fully saturated rings. The van der Waals surface area contributed by atoms with Gasteiger partial charge in [0, 0.05) is 39.3 Å². The van der Waals surface area contributed by atoms with Crippen LogP contribution in [-0.4, -0.2) is 76.2 Å². The molecule has 1 atom stereocenters. The van der Waals surface area contributed by atoms with Gasteiger partial charge in [0.05, 0.1) is 28.2 Å². The summed E-state index contributed by atoms with van der Waals surface area (Å²) in [5.74, 6) is 0.331. The Morgan fingerprint density at radius 2 is 1.97 bits per heavy atom. The smallest absolute Gasteiger partial charge is 0.263 e. The van der Waals surface area contributed by atoms with E-state index in [0.717, 1.165) is 67.5 Å². The minimum atomic E-state index is -0.0547. The monoisotopic (exact) mass is 416 g/mol. The molecule has 0 spiro atoms. The average molecular weight is 417 g/mol.